The molecule has 0 spiro atoms. The van der Waals surface area contributed by atoms with Crippen LogP contribution in [0.25, 0.3) is 0 Å². The maximum atomic E-state index is 12.6. The molecule has 0 aromatic carbocycles. The third-order valence-electron chi connectivity index (χ3n) is 3.65. The van der Waals surface area contributed by atoms with Crippen LogP contribution >= 0.6 is 0 Å². The molecule has 2 heterocycles. The summed E-state index contributed by atoms with van der Waals surface area (Å²) in [6.45, 7) is 9.96. The van der Waals surface area contributed by atoms with Crippen molar-refractivity contribution in [1.82, 2.24) is 9.78 Å². The van der Waals surface area contributed by atoms with Gasteiger partial charge in [-0.2, -0.15) is 5.10 Å². The van der Waals surface area contributed by atoms with Crippen LogP contribution in [0.1, 0.15) is 50.3 Å². The highest BCUT2D eigenvalue weighted by molar-refractivity contribution is 5.97. The van der Waals surface area contributed by atoms with Gasteiger partial charge in [-0.05, 0) is 47.1 Å². The van der Waals surface area contributed by atoms with E-state index in [0.717, 1.165) is 12.1 Å². The van der Waals surface area contributed by atoms with Crippen molar-refractivity contribution in [2.24, 2.45) is 13.0 Å². The van der Waals surface area contributed by atoms with Crippen molar-refractivity contribution in [3.8, 4) is 0 Å². The maximum Gasteiger partial charge on any atom is 0.186 e. The molecule has 0 bridgehead atoms. The van der Waals surface area contributed by atoms with Crippen molar-refractivity contribution in [3.63, 3.8) is 0 Å². The van der Waals surface area contributed by atoms with Gasteiger partial charge in [0.1, 0.15) is 5.69 Å². The first-order valence-corrected chi connectivity index (χ1v) is 6.37. The quantitative estimate of drug-likeness (QED) is 0.757. The number of nitrogens with zero attached hydrogens (tertiary/aromatic N) is 2. The maximum absolute atomic E-state index is 12.6. The SMILES string of the molecule is Cc1cc(C(=O)C2CC(C)(C)OC2(C)C)n(C)n1. The van der Waals surface area contributed by atoms with Crippen LogP contribution in [0.5, 0.6) is 0 Å². The zero-order valence-electron chi connectivity index (χ0n) is 12.1. The Morgan fingerprint density at radius 3 is 2.44 bits per heavy atom. The number of ether oxygens (including phenoxy) is 1. The Bertz CT molecular complexity index is 486. The summed E-state index contributed by atoms with van der Waals surface area (Å²) in [7, 11) is 1.81. The van der Waals surface area contributed by atoms with Crippen molar-refractivity contribution in [1.29, 1.82) is 0 Å². The lowest BCUT2D eigenvalue weighted by Crippen LogP contribution is -2.34. The Labute approximate surface area is 108 Å². The van der Waals surface area contributed by atoms with E-state index in [1.165, 1.54) is 0 Å². The summed E-state index contributed by atoms with van der Waals surface area (Å²) in [5.74, 6) is 0.0241. The van der Waals surface area contributed by atoms with Gasteiger partial charge in [0.25, 0.3) is 0 Å². The largest absolute Gasteiger partial charge is 0.369 e. The van der Waals surface area contributed by atoms with Crippen LogP contribution < -0.4 is 0 Å². The molecule has 1 aromatic heterocycles. The van der Waals surface area contributed by atoms with E-state index in [0.29, 0.717) is 5.69 Å². The average Bonchev–Trinajstić information content (AvgIpc) is 2.61. The van der Waals surface area contributed by atoms with Crippen LogP contribution in [0.2, 0.25) is 0 Å². The Hall–Kier alpha value is -1.16. The van der Waals surface area contributed by atoms with E-state index in [1.807, 2.05) is 47.7 Å². The van der Waals surface area contributed by atoms with Gasteiger partial charge in [-0.15, -0.1) is 0 Å². The number of ketones is 1. The predicted molar refractivity (Wildman–Crippen MR) is 69.6 cm³/mol. The van der Waals surface area contributed by atoms with Crippen LogP contribution in [-0.2, 0) is 11.8 Å². The topological polar surface area (TPSA) is 44.1 Å². The zero-order chi connectivity index (χ0) is 13.7. The molecule has 1 aliphatic rings. The first-order chi connectivity index (χ1) is 8.12. The fourth-order valence-electron chi connectivity index (χ4n) is 2.99. The van der Waals surface area contributed by atoms with Gasteiger partial charge in [0.15, 0.2) is 5.78 Å². The first-order valence-electron chi connectivity index (χ1n) is 6.37. The van der Waals surface area contributed by atoms with E-state index in [-0.39, 0.29) is 17.3 Å². The fraction of sp³-hybridized carbons (Fsp3) is 0.714. The lowest BCUT2D eigenvalue weighted by molar-refractivity contribution is -0.0712. The van der Waals surface area contributed by atoms with E-state index < -0.39 is 5.60 Å². The number of carbonyl (C=O) groups is 1. The third kappa shape index (κ3) is 2.21. The summed E-state index contributed by atoms with van der Waals surface area (Å²) >= 11 is 0. The van der Waals surface area contributed by atoms with E-state index >= 15 is 0 Å². The van der Waals surface area contributed by atoms with Gasteiger partial charge in [0, 0.05) is 7.05 Å². The lowest BCUT2D eigenvalue weighted by atomic mass is 9.83. The molecule has 1 atom stereocenters. The van der Waals surface area contributed by atoms with E-state index in [1.54, 1.807) is 4.68 Å². The average molecular weight is 250 g/mol. The van der Waals surface area contributed by atoms with Gasteiger partial charge in [0.2, 0.25) is 0 Å². The van der Waals surface area contributed by atoms with Crippen molar-refractivity contribution in [3.05, 3.63) is 17.5 Å². The fourth-order valence-corrected chi connectivity index (χ4v) is 2.99. The standard InChI is InChI=1S/C14H22N2O2/c1-9-7-11(16(6)15-9)12(17)10-8-13(2,3)18-14(10,4)5/h7,10H,8H2,1-6H3. The molecule has 1 aromatic rings. The molecule has 2 rings (SSSR count). The minimum atomic E-state index is -0.418. The summed E-state index contributed by atoms with van der Waals surface area (Å²) in [6, 6.07) is 1.85. The highest BCUT2D eigenvalue weighted by atomic mass is 16.5. The molecule has 0 aliphatic carbocycles. The molecule has 1 fully saturated rings. The molecule has 0 radical (unpaired) electrons. The molecule has 1 unspecified atom stereocenters. The van der Waals surface area contributed by atoms with Crippen LogP contribution in [-0.4, -0.2) is 26.8 Å². The molecule has 0 amide bonds. The molecular weight excluding hydrogens is 228 g/mol. The Morgan fingerprint density at radius 1 is 1.44 bits per heavy atom. The molecule has 4 heteroatoms. The number of aryl methyl sites for hydroxylation is 2. The minimum Gasteiger partial charge on any atom is -0.369 e. The van der Waals surface area contributed by atoms with E-state index in [9.17, 15) is 4.79 Å². The molecule has 4 nitrogen and oxygen atoms in total. The van der Waals surface area contributed by atoms with Gasteiger partial charge in [-0.1, -0.05) is 0 Å². The van der Waals surface area contributed by atoms with Crippen molar-refractivity contribution < 1.29 is 9.53 Å². The third-order valence-corrected chi connectivity index (χ3v) is 3.65. The summed E-state index contributed by atoms with van der Waals surface area (Å²) in [5, 5.41) is 4.24. The number of carbonyl (C=O) groups excluding carboxylic acids is 1. The number of rotatable bonds is 2. The summed E-state index contributed by atoms with van der Waals surface area (Å²) in [4.78, 5) is 12.6. The summed E-state index contributed by atoms with van der Waals surface area (Å²) in [5.41, 5.74) is 0.889. The number of hydrogen-bond donors (Lipinski definition) is 0. The van der Waals surface area contributed by atoms with Crippen molar-refractivity contribution in [2.45, 2.75) is 52.2 Å². The molecule has 0 N–H and O–H groups in total. The minimum absolute atomic E-state index is 0.109. The van der Waals surface area contributed by atoms with Gasteiger partial charge in [-0.25, -0.2) is 0 Å². The second kappa shape index (κ2) is 3.92. The number of Topliss-reactive ketones (excluding diaryl/α,β-unsaturated/α-hetero) is 1. The van der Waals surface area contributed by atoms with Crippen LogP contribution in [0.4, 0.5) is 0 Å². The number of aromatic nitrogens is 2. The molecule has 1 saturated heterocycles. The normalized spacial score (nSPS) is 25.3. The summed E-state index contributed by atoms with van der Waals surface area (Å²) in [6.07, 6.45) is 0.753. The molecule has 0 saturated carbocycles. The van der Waals surface area contributed by atoms with Crippen LogP contribution in [0.3, 0.4) is 0 Å². The summed E-state index contributed by atoms with van der Waals surface area (Å²) < 4.78 is 7.65. The molecule has 100 valence electrons. The van der Waals surface area contributed by atoms with Gasteiger partial charge in [-0.3, -0.25) is 9.48 Å². The predicted octanol–water partition coefficient (Wildman–Crippen LogP) is 2.50. The van der Waals surface area contributed by atoms with Crippen molar-refractivity contribution in [2.75, 3.05) is 0 Å². The number of hydrogen-bond acceptors (Lipinski definition) is 3. The molecular formula is C14H22N2O2. The van der Waals surface area contributed by atoms with Crippen LogP contribution in [0.15, 0.2) is 6.07 Å². The van der Waals surface area contributed by atoms with Gasteiger partial charge in [0.05, 0.1) is 22.8 Å². The Morgan fingerprint density at radius 2 is 2.06 bits per heavy atom. The van der Waals surface area contributed by atoms with E-state index in [2.05, 4.69) is 5.10 Å². The molecule has 18 heavy (non-hydrogen) atoms. The second-order valence-electron chi connectivity index (χ2n) is 6.38. The van der Waals surface area contributed by atoms with E-state index in [4.69, 9.17) is 4.74 Å². The van der Waals surface area contributed by atoms with Crippen LogP contribution in [0, 0.1) is 12.8 Å². The Kier molecular flexibility index (Phi) is 2.89. The second-order valence-corrected chi connectivity index (χ2v) is 6.38. The van der Waals surface area contributed by atoms with Gasteiger partial charge >= 0.3 is 0 Å². The molecule has 1 aliphatic heterocycles. The first kappa shape index (κ1) is 13.3. The Balaban J connectivity index is 2.32. The highest BCUT2D eigenvalue weighted by Gasteiger charge is 2.49. The lowest BCUT2D eigenvalue weighted by Gasteiger charge is -2.26. The van der Waals surface area contributed by atoms with Gasteiger partial charge < -0.3 is 4.74 Å². The monoisotopic (exact) mass is 250 g/mol. The zero-order valence-corrected chi connectivity index (χ0v) is 12.1. The smallest absolute Gasteiger partial charge is 0.186 e. The van der Waals surface area contributed by atoms with Crippen molar-refractivity contribution >= 4 is 5.78 Å². The highest BCUT2D eigenvalue weighted by Crippen LogP contribution is 2.43.